The Morgan fingerprint density at radius 1 is 1.19 bits per heavy atom. The molecule has 3 aromatic heterocycles. The highest BCUT2D eigenvalue weighted by Crippen LogP contribution is 2.33. The molecule has 0 saturated carbocycles. The molecule has 4 N–H and O–H groups in total. The second kappa shape index (κ2) is 10.8. The molecular weight excluding hydrogens is 460 g/mol. The Morgan fingerprint density at radius 2 is 1.97 bits per heavy atom. The van der Waals surface area contributed by atoms with Crippen molar-refractivity contribution in [3.05, 3.63) is 72.2 Å². The Bertz CT molecular complexity index is 1390. The number of methoxy groups -OCH3 is 1. The zero-order valence-electron chi connectivity index (χ0n) is 20.3. The number of carbonyl (C=O) groups excluding carboxylic acids is 1. The van der Waals surface area contributed by atoms with Crippen molar-refractivity contribution in [1.29, 1.82) is 0 Å². The summed E-state index contributed by atoms with van der Waals surface area (Å²) in [6, 6.07) is 14.2. The van der Waals surface area contributed by atoms with Crippen LogP contribution >= 0.6 is 0 Å². The van der Waals surface area contributed by atoms with Crippen LogP contribution in [0.25, 0.3) is 16.8 Å². The minimum Gasteiger partial charge on any atom is -0.481 e. The van der Waals surface area contributed by atoms with Crippen LogP contribution in [0, 0.1) is 0 Å². The topological polar surface area (TPSA) is 146 Å². The lowest BCUT2D eigenvalue weighted by atomic mass is 10.1. The summed E-state index contributed by atoms with van der Waals surface area (Å²) in [4.78, 5) is 27.4. The summed E-state index contributed by atoms with van der Waals surface area (Å²) in [5.41, 5.74) is 15.1. The number of amidine groups is 1. The maximum absolute atomic E-state index is 12.6. The van der Waals surface area contributed by atoms with Crippen LogP contribution in [0.2, 0.25) is 0 Å². The predicted molar refractivity (Wildman–Crippen MR) is 139 cm³/mol. The standard InChI is InChI=1S/C23H22N8O3.C2H6.H2/c1-33-20-4-2-3-17(28-20)18-12-34-23(32)31(18)19-9-10-30-22(29-19)16(11-27-30)14-5-7-15(8-6-14)21(25)26-13-24;1-2;/h2-11,18H,12-13,24H2,1H3,(H2,25,26);1-2H3;1H/t18-;;/m1../s1. The van der Waals surface area contributed by atoms with E-state index in [0.29, 0.717) is 28.9 Å². The van der Waals surface area contributed by atoms with Crippen LogP contribution in [-0.2, 0) is 4.74 Å². The molecule has 11 heteroatoms. The van der Waals surface area contributed by atoms with Gasteiger partial charge < -0.3 is 20.9 Å². The molecule has 1 aliphatic rings. The number of hydrogen-bond acceptors (Lipinski definition) is 8. The first-order valence-corrected chi connectivity index (χ1v) is 11.5. The molecular formula is C25H30N8O3. The highest BCUT2D eigenvalue weighted by molar-refractivity contribution is 5.98. The average Bonchev–Trinajstić information content (AvgIpc) is 3.53. The van der Waals surface area contributed by atoms with E-state index in [4.69, 9.17) is 25.9 Å². The van der Waals surface area contributed by atoms with Gasteiger partial charge in [0.25, 0.3) is 0 Å². The van der Waals surface area contributed by atoms with Gasteiger partial charge in [0.1, 0.15) is 24.3 Å². The van der Waals surface area contributed by atoms with Crippen molar-refractivity contribution in [1.82, 2.24) is 19.6 Å². The molecule has 188 valence electrons. The second-order valence-electron chi connectivity index (χ2n) is 7.48. The molecule has 1 aliphatic heterocycles. The quantitative estimate of drug-likeness (QED) is 0.309. The minimum atomic E-state index is -0.494. The van der Waals surface area contributed by atoms with Gasteiger partial charge in [-0.25, -0.2) is 24.2 Å². The molecule has 5 rings (SSSR count). The van der Waals surface area contributed by atoms with Crippen molar-refractivity contribution >= 4 is 23.4 Å². The number of cyclic esters (lactones) is 1. The number of benzene rings is 1. The van der Waals surface area contributed by atoms with Crippen molar-refractivity contribution in [2.24, 2.45) is 16.5 Å². The van der Waals surface area contributed by atoms with Gasteiger partial charge in [0.15, 0.2) is 5.65 Å². The van der Waals surface area contributed by atoms with Gasteiger partial charge in [-0.15, -0.1) is 0 Å². The molecule has 0 aliphatic carbocycles. The number of aromatic nitrogens is 4. The molecule has 1 saturated heterocycles. The van der Waals surface area contributed by atoms with Gasteiger partial charge in [-0.1, -0.05) is 44.2 Å². The number of amides is 1. The average molecular weight is 491 g/mol. The van der Waals surface area contributed by atoms with Crippen LogP contribution in [0.5, 0.6) is 5.88 Å². The third-order valence-electron chi connectivity index (χ3n) is 5.52. The third-order valence-corrected chi connectivity index (χ3v) is 5.52. The molecule has 0 bridgehead atoms. The highest BCUT2D eigenvalue weighted by Gasteiger charge is 2.37. The van der Waals surface area contributed by atoms with E-state index in [1.54, 1.807) is 36.2 Å². The number of pyridine rings is 1. The van der Waals surface area contributed by atoms with Gasteiger partial charge in [0, 0.05) is 24.8 Å². The Labute approximate surface area is 209 Å². The first kappa shape index (κ1) is 24.6. The van der Waals surface area contributed by atoms with Crippen molar-refractivity contribution < 1.29 is 15.7 Å². The van der Waals surface area contributed by atoms with E-state index in [9.17, 15) is 4.79 Å². The summed E-state index contributed by atoms with van der Waals surface area (Å²) in [7, 11) is 1.54. The maximum atomic E-state index is 12.6. The van der Waals surface area contributed by atoms with E-state index < -0.39 is 12.1 Å². The number of anilines is 1. The number of aliphatic imine (C=N–C) groups is 1. The Balaban J connectivity index is 0.00000124. The first-order chi connectivity index (χ1) is 17.6. The number of fused-ring (bicyclic) bond motifs is 1. The molecule has 1 aromatic carbocycles. The second-order valence-corrected chi connectivity index (χ2v) is 7.48. The molecule has 0 unspecified atom stereocenters. The van der Waals surface area contributed by atoms with Gasteiger partial charge in [-0.05, 0) is 17.7 Å². The Kier molecular flexibility index (Phi) is 7.40. The van der Waals surface area contributed by atoms with Crippen LogP contribution in [0.4, 0.5) is 10.6 Å². The van der Waals surface area contributed by atoms with Crippen molar-refractivity contribution in [2.45, 2.75) is 19.9 Å². The number of nitrogens with two attached hydrogens (primary N) is 2. The molecule has 4 aromatic rings. The molecule has 1 fully saturated rings. The van der Waals surface area contributed by atoms with E-state index in [0.717, 1.165) is 16.7 Å². The molecule has 4 heterocycles. The molecule has 0 spiro atoms. The van der Waals surface area contributed by atoms with Gasteiger partial charge in [-0.2, -0.15) is 5.10 Å². The number of hydrogen-bond donors (Lipinski definition) is 2. The van der Waals surface area contributed by atoms with Gasteiger partial charge in [0.05, 0.1) is 25.7 Å². The summed E-state index contributed by atoms with van der Waals surface area (Å²) in [6.45, 7) is 4.28. The minimum absolute atomic E-state index is 0. The maximum Gasteiger partial charge on any atom is 0.416 e. The van der Waals surface area contributed by atoms with E-state index in [2.05, 4.69) is 15.1 Å². The number of ether oxygens (including phenoxy) is 2. The van der Waals surface area contributed by atoms with E-state index in [1.165, 1.54) is 4.90 Å². The molecule has 36 heavy (non-hydrogen) atoms. The fraction of sp³-hybridized carbons (Fsp3) is 0.240. The normalized spacial score (nSPS) is 15.4. The Morgan fingerprint density at radius 3 is 2.69 bits per heavy atom. The monoisotopic (exact) mass is 490 g/mol. The van der Waals surface area contributed by atoms with Gasteiger partial charge >= 0.3 is 6.09 Å². The summed E-state index contributed by atoms with van der Waals surface area (Å²) in [5, 5.41) is 4.39. The number of carbonyl (C=O) groups is 1. The SMILES string of the molecule is CC.COc1cccc([C@H]2COC(=O)N2c2ccn3ncc(-c4ccc(/C(N)=N/CN)cc4)c3n2)n1.[HH]. The van der Waals surface area contributed by atoms with Crippen LogP contribution in [0.1, 0.15) is 32.6 Å². The van der Waals surface area contributed by atoms with Crippen molar-refractivity contribution in [2.75, 3.05) is 25.3 Å². The summed E-state index contributed by atoms with van der Waals surface area (Å²) in [5.74, 6) is 1.26. The first-order valence-electron chi connectivity index (χ1n) is 11.5. The van der Waals surface area contributed by atoms with Crippen molar-refractivity contribution in [3.63, 3.8) is 0 Å². The van der Waals surface area contributed by atoms with E-state index >= 15 is 0 Å². The summed E-state index contributed by atoms with van der Waals surface area (Å²) in [6.07, 6.45) is 2.98. The molecule has 1 amide bonds. The molecule has 1 atom stereocenters. The molecule has 0 radical (unpaired) electrons. The number of rotatable bonds is 6. The third kappa shape index (κ3) is 4.68. The fourth-order valence-corrected chi connectivity index (χ4v) is 3.83. The van der Waals surface area contributed by atoms with E-state index in [-0.39, 0.29) is 14.7 Å². The van der Waals surface area contributed by atoms with Crippen LogP contribution in [0.15, 0.2) is 65.9 Å². The van der Waals surface area contributed by atoms with E-state index in [1.807, 2.05) is 50.2 Å². The smallest absolute Gasteiger partial charge is 0.416 e. The highest BCUT2D eigenvalue weighted by atomic mass is 16.6. The lowest BCUT2D eigenvalue weighted by Crippen LogP contribution is -2.28. The Hall–Kier alpha value is -4.51. The van der Waals surface area contributed by atoms with Crippen molar-refractivity contribution in [3.8, 4) is 17.0 Å². The zero-order valence-corrected chi connectivity index (χ0v) is 20.3. The lowest BCUT2D eigenvalue weighted by molar-refractivity contribution is 0.178. The molecule has 11 nitrogen and oxygen atoms in total. The van der Waals surface area contributed by atoms with Gasteiger partial charge in [-0.3, -0.25) is 4.99 Å². The number of nitrogens with zero attached hydrogens (tertiary/aromatic N) is 6. The predicted octanol–water partition coefficient (Wildman–Crippen LogP) is 3.39. The largest absolute Gasteiger partial charge is 0.481 e. The fourth-order valence-electron chi connectivity index (χ4n) is 3.83. The van der Waals surface area contributed by atoms with Crippen LogP contribution in [-0.4, -0.2) is 51.9 Å². The van der Waals surface area contributed by atoms with Crippen LogP contribution in [0.3, 0.4) is 0 Å². The summed E-state index contributed by atoms with van der Waals surface area (Å²) >= 11 is 0. The summed E-state index contributed by atoms with van der Waals surface area (Å²) < 4.78 is 12.2. The van der Waals surface area contributed by atoms with Gasteiger partial charge in [0.2, 0.25) is 5.88 Å². The lowest BCUT2D eigenvalue weighted by Gasteiger charge is -2.20. The zero-order chi connectivity index (χ0) is 25.7. The van der Waals surface area contributed by atoms with Crippen LogP contribution < -0.4 is 21.1 Å².